The Morgan fingerprint density at radius 1 is 1.43 bits per heavy atom. The molecule has 0 unspecified atom stereocenters. The minimum atomic E-state index is -2.71. The average Bonchev–Trinajstić information content (AvgIpc) is 2.52. The molecule has 0 spiro atoms. The first-order chi connectivity index (χ1) is 6.47. The normalized spacial score (nSPS) is 18.2. The Balaban J connectivity index is 2.15. The van der Waals surface area contributed by atoms with E-state index in [4.69, 9.17) is 12.2 Å². The fraction of sp³-hybridized carbons (Fsp3) is 0.889. The lowest BCUT2D eigenvalue weighted by atomic mass is 10.2. The second kappa shape index (κ2) is 4.87. The van der Waals surface area contributed by atoms with Crippen molar-refractivity contribution < 1.29 is 8.78 Å². The number of hydrogen-bond acceptors (Lipinski definition) is 1. The molecule has 82 valence electrons. The Morgan fingerprint density at radius 3 is 2.50 bits per heavy atom. The summed E-state index contributed by atoms with van der Waals surface area (Å²) in [4.78, 5) is 0. The molecule has 2 N–H and O–H groups in total. The molecule has 0 atom stereocenters. The van der Waals surface area contributed by atoms with Gasteiger partial charge >= 0.3 is 0 Å². The molecule has 0 saturated heterocycles. The maximum atomic E-state index is 12.4. The van der Waals surface area contributed by atoms with Crippen LogP contribution >= 0.6 is 12.2 Å². The monoisotopic (exact) mass is 222 g/mol. The fourth-order valence-electron chi connectivity index (χ4n) is 1.54. The van der Waals surface area contributed by atoms with Crippen LogP contribution in [0.5, 0.6) is 0 Å². The van der Waals surface area contributed by atoms with Gasteiger partial charge in [-0.15, -0.1) is 0 Å². The molecule has 14 heavy (non-hydrogen) atoms. The Bertz CT molecular complexity index is 197. The molecule has 5 heteroatoms. The third-order valence-corrected chi connectivity index (χ3v) is 2.51. The van der Waals surface area contributed by atoms with Crippen molar-refractivity contribution in [3.8, 4) is 0 Å². The van der Waals surface area contributed by atoms with Gasteiger partial charge in [0.2, 0.25) is 0 Å². The summed E-state index contributed by atoms with van der Waals surface area (Å²) in [7, 11) is 0. The summed E-state index contributed by atoms with van der Waals surface area (Å²) in [5, 5.41) is 5.90. The standard InChI is InChI=1S/C9H16F2N2S/c1-9(10,11)6-12-8(14)13-7-4-2-3-5-7/h7H,2-6H2,1H3,(H2,12,13,14). The molecule has 1 rings (SSSR count). The fourth-order valence-corrected chi connectivity index (χ4v) is 1.78. The molecule has 0 bridgehead atoms. The predicted molar refractivity (Wildman–Crippen MR) is 56.6 cm³/mol. The van der Waals surface area contributed by atoms with Gasteiger partial charge in [0, 0.05) is 13.0 Å². The van der Waals surface area contributed by atoms with Crippen molar-refractivity contribution in [3.63, 3.8) is 0 Å². The van der Waals surface area contributed by atoms with Gasteiger partial charge in [0.1, 0.15) is 0 Å². The summed E-state index contributed by atoms with van der Waals surface area (Å²) < 4.78 is 24.9. The second-order valence-electron chi connectivity index (χ2n) is 3.88. The van der Waals surface area contributed by atoms with Gasteiger partial charge in [0.15, 0.2) is 5.11 Å². The molecule has 0 amide bonds. The van der Waals surface area contributed by atoms with Gasteiger partial charge in [-0.25, -0.2) is 8.78 Å². The highest BCUT2D eigenvalue weighted by molar-refractivity contribution is 7.80. The van der Waals surface area contributed by atoms with E-state index in [1.54, 1.807) is 0 Å². The first kappa shape index (κ1) is 11.6. The van der Waals surface area contributed by atoms with Crippen LogP contribution in [0.25, 0.3) is 0 Å². The molecular formula is C9H16F2N2S. The summed E-state index contributed by atoms with van der Waals surface area (Å²) >= 11 is 4.90. The van der Waals surface area contributed by atoms with E-state index in [1.165, 1.54) is 12.8 Å². The smallest absolute Gasteiger partial charge is 0.262 e. The van der Waals surface area contributed by atoms with Crippen LogP contribution in [0.3, 0.4) is 0 Å². The quantitative estimate of drug-likeness (QED) is 0.715. The van der Waals surface area contributed by atoms with Crippen LogP contribution in [-0.2, 0) is 0 Å². The first-order valence-electron chi connectivity index (χ1n) is 4.89. The van der Waals surface area contributed by atoms with Crippen molar-refractivity contribution in [1.82, 2.24) is 10.6 Å². The van der Waals surface area contributed by atoms with E-state index in [-0.39, 0.29) is 0 Å². The number of halogens is 2. The zero-order valence-corrected chi connectivity index (χ0v) is 9.09. The second-order valence-corrected chi connectivity index (χ2v) is 4.29. The largest absolute Gasteiger partial charge is 0.360 e. The van der Waals surface area contributed by atoms with E-state index in [2.05, 4.69) is 10.6 Å². The van der Waals surface area contributed by atoms with Gasteiger partial charge in [-0.2, -0.15) is 0 Å². The van der Waals surface area contributed by atoms with E-state index in [0.29, 0.717) is 11.2 Å². The summed E-state index contributed by atoms with van der Waals surface area (Å²) in [6.45, 7) is 0.476. The maximum absolute atomic E-state index is 12.4. The molecule has 1 aliphatic rings. The van der Waals surface area contributed by atoms with Gasteiger partial charge in [-0.05, 0) is 25.1 Å². The predicted octanol–water partition coefficient (Wildman–Crippen LogP) is 2.05. The Morgan fingerprint density at radius 2 is 2.00 bits per heavy atom. The van der Waals surface area contributed by atoms with E-state index in [0.717, 1.165) is 19.8 Å². The van der Waals surface area contributed by atoms with Crippen molar-refractivity contribution in [2.75, 3.05) is 6.54 Å². The molecule has 1 saturated carbocycles. The Kier molecular flexibility index (Phi) is 4.04. The Labute approximate surface area is 88.4 Å². The zero-order valence-electron chi connectivity index (χ0n) is 8.28. The van der Waals surface area contributed by atoms with E-state index >= 15 is 0 Å². The third-order valence-electron chi connectivity index (χ3n) is 2.25. The van der Waals surface area contributed by atoms with Gasteiger partial charge < -0.3 is 10.6 Å². The lowest BCUT2D eigenvalue weighted by molar-refractivity contribution is 0.0273. The summed E-state index contributed by atoms with van der Waals surface area (Å²) in [5.74, 6) is -2.71. The van der Waals surface area contributed by atoms with Gasteiger partial charge in [0.25, 0.3) is 5.92 Å². The minimum absolute atomic E-state index is 0.346. The highest BCUT2D eigenvalue weighted by Gasteiger charge is 2.22. The number of alkyl halides is 2. The highest BCUT2D eigenvalue weighted by Crippen LogP contribution is 2.17. The van der Waals surface area contributed by atoms with E-state index < -0.39 is 12.5 Å². The number of nitrogens with one attached hydrogen (secondary N) is 2. The van der Waals surface area contributed by atoms with Crippen molar-refractivity contribution in [1.29, 1.82) is 0 Å². The molecule has 0 aliphatic heterocycles. The summed E-state index contributed by atoms with van der Waals surface area (Å²) in [6, 6.07) is 0.375. The Hall–Kier alpha value is -0.450. The summed E-state index contributed by atoms with van der Waals surface area (Å²) in [6.07, 6.45) is 4.57. The maximum Gasteiger partial charge on any atom is 0.262 e. The molecule has 0 aromatic carbocycles. The van der Waals surface area contributed by atoms with Gasteiger partial charge in [-0.1, -0.05) is 12.8 Å². The molecule has 0 radical (unpaired) electrons. The van der Waals surface area contributed by atoms with Crippen LogP contribution in [0.1, 0.15) is 32.6 Å². The molecule has 0 heterocycles. The molecule has 1 aliphatic carbocycles. The molecule has 0 aromatic heterocycles. The number of rotatable bonds is 3. The van der Waals surface area contributed by atoms with Crippen molar-refractivity contribution >= 4 is 17.3 Å². The average molecular weight is 222 g/mol. The topological polar surface area (TPSA) is 24.1 Å². The van der Waals surface area contributed by atoms with Crippen LogP contribution in [0, 0.1) is 0 Å². The van der Waals surface area contributed by atoms with Crippen LogP contribution in [0.2, 0.25) is 0 Å². The van der Waals surface area contributed by atoms with E-state index in [9.17, 15) is 8.78 Å². The lowest BCUT2D eigenvalue weighted by Gasteiger charge is -2.17. The van der Waals surface area contributed by atoms with Crippen LogP contribution < -0.4 is 10.6 Å². The van der Waals surface area contributed by atoms with Crippen LogP contribution in [-0.4, -0.2) is 23.6 Å². The van der Waals surface area contributed by atoms with Gasteiger partial charge in [-0.3, -0.25) is 0 Å². The first-order valence-corrected chi connectivity index (χ1v) is 5.30. The van der Waals surface area contributed by atoms with E-state index in [1.807, 2.05) is 0 Å². The highest BCUT2D eigenvalue weighted by atomic mass is 32.1. The summed E-state index contributed by atoms with van der Waals surface area (Å²) in [5.41, 5.74) is 0. The van der Waals surface area contributed by atoms with Crippen molar-refractivity contribution in [2.24, 2.45) is 0 Å². The van der Waals surface area contributed by atoms with Crippen molar-refractivity contribution in [2.45, 2.75) is 44.6 Å². The number of hydrogen-bond donors (Lipinski definition) is 2. The van der Waals surface area contributed by atoms with Crippen LogP contribution in [0.4, 0.5) is 8.78 Å². The SMILES string of the molecule is CC(F)(F)CNC(=S)NC1CCCC1. The molecular weight excluding hydrogens is 206 g/mol. The minimum Gasteiger partial charge on any atom is -0.360 e. The lowest BCUT2D eigenvalue weighted by Crippen LogP contribution is -2.44. The third kappa shape index (κ3) is 4.69. The number of thiocarbonyl (C=S) groups is 1. The zero-order chi connectivity index (χ0) is 10.6. The van der Waals surface area contributed by atoms with Crippen molar-refractivity contribution in [3.05, 3.63) is 0 Å². The van der Waals surface area contributed by atoms with Crippen LogP contribution in [0.15, 0.2) is 0 Å². The van der Waals surface area contributed by atoms with Gasteiger partial charge in [0.05, 0.1) is 6.54 Å². The molecule has 1 fully saturated rings. The molecule has 2 nitrogen and oxygen atoms in total. The molecule has 0 aromatic rings.